The monoisotopic (exact) mass is 225 g/mol. The average Bonchev–Trinajstić information content (AvgIpc) is 2.66. The van der Waals surface area contributed by atoms with Crippen molar-refractivity contribution in [3.8, 4) is 0 Å². The van der Waals surface area contributed by atoms with Crippen LogP contribution in [0.3, 0.4) is 0 Å². The highest BCUT2D eigenvalue weighted by Gasteiger charge is 2.29. The van der Waals surface area contributed by atoms with Crippen molar-refractivity contribution in [2.75, 3.05) is 0 Å². The van der Waals surface area contributed by atoms with Crippen molar-refractivity contribution >= 4 is 11.6 Å². The number of alkyl halides is 1. The van der Waals surface area contributed by atoms with E-state index in [1.165, 1.54) is 5.06 Å². The predicted molar refractivity (Wildman–Crippen MR) is 61.1 cm³/mol. The first-order valence-corrected chi connectivity index (χ1v) is 5.84. The molecule has 2 nitrogen and oxygen atoms in total. The molecule has 0 heterocycles. The van der Waals surface area contributed by atoms with Gasteiger partial charge in [-0.15, -0.1) is 11.6 Å². The molecule has 1 aromatic rings. The normalized spacial score (nSPS) is 26.1. The molecule has 3 heteroatoms. The molecule has 1 aromatic carbocycles. The summed E-state index contributed by atoms with van der Waals surface area (Å²) < 4.78 is 0. The highest BCUT2D eigenvalue weighted by Crippen LogP contribution is 2.28. The van der Waals surface area contributed by atoms with Gasteiger partial charge < -0.3 is 5.21 Å². The zero-order valence-corrected chi connectivity index (χ0v) is 9.40. The number of hydrogen-bond donors (Lipinski definition) is 1. The van der Waals surface area contributed by atoms with Crippen LogP contribution in [0.4, 0.5) is 0 Å². The maximum Gasteiger partial charge on any atom is 0.0517 e. The molecule has 0 amide bonds. The molecule has 2 rings (SSSR count). The summed E-state index contributed by atoms with van der Waals surface area (Å²) in [6, 6.07) is 10.1. The Balaban J connectivity index is 1.94. The molecule has 0 aliphatic heterocycles. The van der Waals surface area contributed by atoms with Crippen LogP contribution in [0.25, 0.3) is 0 Å². The zero-order valence-electron chi connectivity index (χ0n) is 8.64. The maximum absolute atomic E-state index is 9.92. The second-order valence-electron chi connectivity index (χ2n) is 4.10. The third-order valence-corrected chi connectivity index (χ3v) is 3.48. The van der Waals surface area contributed by atoms with E-state index in [-0.39, 0.29) is 11.4 Å². The Kier molecular flexibility index (Phi) is 3.62. The van der Waals surface area contributed by atoms with Gasteiger partial charge in [0.1, 0.15) is 0 Å². The Morgan fingerprint density at radius 2 is 2.00 bits per heavy atom. The van der Waals surface area contributed by atoms with Crippen LogP contribution in [0.5, 0.6) is 0 Å². The predicted octanol–water partition coefficient (Wildman–Crippen LogP) is 3.04. The van der Waals surface area contributed by atoms with Crippen LogP contribution in [0.15, 0.2) is 30.3 Å². The van der Waals surface area contributed by atoms with Gasteiger partial charge in [0.15, 0.2) is 0 Å². The Hall–Kier alpha value is -0.570. The minimum atomic E-state index is 0.0960. The molecule has 0 radical (unpaired) electrons. The Morgan fingerprint density at radius 3 is 2.60 bits per heavy atom. The molecule has 0 spiro atoms. The summed E-state index contributed by atoms with van der Waals surface area (Å²) in [6.45, 7) is 0.564. The lowest BCUT2D eigenvalue weighted by Crippen LogP contribution is -2.35. The second-order valence-corrected chi connectivity index (χ2v) is 4.66. The highest BCUT2D eigenvalue weighted by molar-refractivity contribution is 6.21. The lowest BCUT2D eigenvalue weighted by molar-refractivity contribution is -0.132. The van der Waals surface area contributed by atoms with Gasteiger partial charge in [0.25, 0.3) is 0 Å². The summed E-state index contributed by atoms with van der Waals surface area (Å²) in [5.74, 6) is 0. The summed E-state index contributed by atoms with van der Waals surface area (Å²) in [4.78, 5) is 0. The van der Waals surface area contributed by atoms with E-state index in [9.17, 15) is 5.21 Å². The SMILES string of the molecule is ON(Cc1ccccc1)C1CCCC1Cl. The second kappa shape index (κ2) is 4.97. The van der Waals surface area contributed by atoms with Gasteiger partial charge in [0.05, 0.1) is 11.4 Å². The molecule has 15 heavy (non-hydrogen) atoms. The molecule has 2 atom stereocenters. The molecule has 1 aliphatic rings. The number of nitrogens with zero attached hydrogens (tertiary/aromatic N) is 1. The third kappa shape index (κ3) is 2.71. The van der Waals surface area contributed by atoms with E-state index in [2.05, 4.69) is 0 Å². The first-order valence-electron chi connectivity index (χ1n) is 5.41. The quantitative estimate of drug-likeness (QED) is 0.632. The molecule has 0 aromatic heterocycles. The van der Waals surface area contributed by atoms with E-state index in [1.807, 2.05) is 30.3 Å². The van der Waals surface area contributed by atoms with E-state index < -0.39 is 0 Å². The van der Waals surface area contributed by atoms with Crippen LogP contribution >= 0.6 is 11.6 Å². The number of halogens is 1. The van der Waals surface area contributed by atoms with Gasteiger partial charge in [-0.3, -0.25) is 0 Å². The van der Waals surface area contributed by atoms with Crippen molar-refractivity contribution in [3.63, 3.8) is 0 Å². The van der Waals surface area contributed by atoms with Gasteiger partial charge in [-0.25, -0.2) is 0 Å². The first-order chi connectivity index (χ1) is 7.27. The summed E-state index contributed by atoms with van der Waals surface area (Å²) in [6.07, 6.45) is 3.13. The van der Waals surface area contributed by atoms with Crippen LogP contribution in [-0.2, 0) is 6.54 Å². The topological polar surface area (TPSA) is 23.5 Å². The van der Waals surface area contributed by atoms with Gasteiger partial charge in [0.2, 0.25) is 0 Å². The number of hydroxylamine groups is 2. The maximum atomic E-state index is 9.92. The molecule has 1 fully saturated rings. The fourth-order valence-corrected chi connectivity index (χ4v) is 2.53. The van der Waals surface area contributed by atoms with Crippen LogP contribution in [0.1, 0.15) is 24.8 Å². The van der Waals surface area contributed by atoms with Crippen molar-refractivity contribution in [3.05, 3.63) is 35.9 Å². The van der Waals surface area contributed by atoms with E-state index in [1.54, 1.807) is 0 Å². The molecule has 0 saturated heterocycles. The minimum absolute atomic E-state index is 0.0960. The van der Waals surface area contributed by atoms with Crippen molar-refractivity contribution < 1.29 is 5.21 Å². The van der Waals surface area contributed by atoms with Crippen molar-refractivity contribution in [2.24, 2.45) is 0 Å². The van der Waals surface area contributed by atoms with Crippen LogP contribution in [-0.4, -0.2) is 21.7 Å². The van der Waals surface area contributed by atoms with Gasteiger partial charge in [0, 0.05) is 6.54 Å². The number of hydrogen-bond acceptors (Lipinski definition) is 2. The van der Waals surface area contributed by atoms with E-state index in [0.29, 0.717) is 6.54 Å². The summed E-state index contributed by atoms with van der Waals surface area (Å²) in [7, 11) is 0. The third-order valence-electron chi connectivity index (χ3n) is 2.97. The molecule has 2 unspecified atom stereocenters. The van der Waals surface area contributed by atoms with Crippen molar-refractivity contribution in [1.29, 1.82) is 0 Å². The first kappa shape index (κ1) is 10.9. The van der Waals surface area contributed by atoms with E-state index in [4.69, 9.17) is 11.6 Å². The molecule has 82 valence electrons. The fraction of sp³-hybridized carbons (Fsp3) is 0.500. The fourth-order valence-electron chi connectivity index (χ4n) is 2.12. The standard InChI is InChI=1S/C12H16ClNO/c13-11-7-4-8-12(11)14(15)9-10-5-2-1-3-6-10/h1-3,5-6,11-12,15H,4,7-9H2. The molecular weight excluding hydrogens is 210 g/mol. The average molecular weight is 226 g/mol. The van der Waals surface area contributed by atoms with Gasteiger partial charge in [-0.05, 0) is 18.4 Å². The van der Waals surface area contributed by atoms with Crippen LogP contribution < -0.4 is 0 Å². The van der Waals surface area contributed by atoms with Gasteiger partial charge in [-0.1, -0.05) is 36.8 Å². The van der Waals surface area contributed by atoms with Gasteiger partial charge in [-0.2, -0.15) is 5.06 Å². The lowest BCUT2D eigenvalue weighted by Gasteiger charge is -2.24. The largest absolute Gasteiger partial charge is 0.313 e. The molecule has 1 N–H and O–H groups in total. The number of benzene rings is 1. The summed E-state index contributed by atoms with van der Waals surface area (Å²) >= 11 is 6.14. The lowest BCUT2D eigenvalue weighted by atomic mass is 10.2. The summed E-state index contributed by atoms with van der Waals surface area (Å²) in [5.41, 5.74) is 1.12. The zero-order chi connectivity index (χ0) is 10.7. The number of rotatable bonds is 3. The van der Waals surface area contributed by atoms with E-state index >= 15 is 0 Å². The van der Waals surface area contributed by atoms with Gasteiger partial charge >= 0.3 is 0 Å². The van der Waals surface area contributed by atoms with Crippen LogP contribution in [0, 0.1) is 0 Å². The Bertz CT molecular complexity index is 304. The summed E-state index contributed by atoms with van der Waals surface area (Å²) in [5, 5.41) is 11.4. The van der Waals surface area contributed by atoms with Crippen molar-refractivity contribution in [1.82, 2.24) is 5.06 Å². The highest BCUT2D eigenvalue weighted by atomic mass is 35.5. The Labute approximate surface area is 95.4 Å². The molecule has 1 aliphatic carbocycles. The molecule has 0 bridgehead atoms. The van der Waals surface area contributed by atoms with E-state index in [0.717, 1.165) is 24.8 Å². The van der Waals surface area contributed by atoms with Crippen molar-refractivity contribution in [2.45, 2.75) is 37.2 Å². The molecule has 1 saturated carbocycles. The van der Waals surface area contributed by atoms with Crippen LogP contribution in [0.2, 0.25) is 0 Å². The smallest absolute Gasteiger partial charge is 0.0517 e. The molecular formula is C12H16ClNO. The minimum Gasteiger partial charge on any atom is -0.313 e. The Morgan fingerprint density at radius 1 is 1.27 bits per heavy atom.